The summed E-state index contributed by atoms with van der Waals surface area (Å²) in [7, 11) is 0. The summed E-state index contributed by atoms with van der Waals surface area (Å²) in [4.78, 5) is 25.7. The summed E-state index contributed by atoms with van der Waals surface area (Å²) in [6.45, 7) is 1.38. The molecule has 0 radical (unpaired) electrons. The van der Waals surface area contributed by atoms with Crippen molar-refractivity contribution in [2.45, 2.75) is 77.6 Å². The lowest BCUT2D eigenvalue weighted by Crippen LogP contribution is -2.18. The Labute approximate surface area is 248 Å². The van der Waals surface area contributed by atoms with Crippen LogP contribution < -0.4 is 9.47 Å². The minimum atomic E-state index is -0.589. The molecule has 0 aliphatic carbocycles. The number of hydrogen-bond acceptors (Lipinski definition) is 5. The number of hydrogen-bond donors (Lipinski definition) is 0. The Morgan fingerprint density at radius 1 is 0.829 bits per heavy atom. The van der Waals surface area contributed by atoms with Gasteiger partial charge < -0.3 is 14.2 Å². The lowest BCUT2D eigenvalue weighted by atomic mass is 9.98. The number of halogens is 4. The Morgan fingerprint density at radius 3 is 2.10 bits per heavy atom. The van der Waals surface area contributed by atoms with Crippen LogP contribution in [0.1, 0.15) is 78.9 Å². The van der Waals surface area contributed by atoms with E-state index in [4.69, 9.17) is 37.4 Å². The molecule has 41 heavy (non-hydrogen) atoms. The smallest absolute Gasteiger partial charge is 0.342 e. The van der Waals surface area contributed by atoms with Crippen LogP contribution in [0.2, 0.25) is 10.0 Å². The third kappa shape index (κ3) is 8.43. The molecule has 0 spiro atoms. The van der Waals surface area contributed by atoms with Gasteiger partial charge in [0.05, 0.1) is 16.1 Å². The molecule has 0 N–H and O–H groups in total. The second-order valence-corrected chi connectivity index (χ2v) is 11.0. The molecule has 0 bridgehead atoms. The van der Waals surface area contributed by atoms with Crippen LogP contribution in [0.5, 0.6) is 11.5 Å². The second-order valence-electron chi connectivity index (χ2n) is 10.1. The van der Waals surface area contributed by atoms with Gasteiger partial charge in [-0.3, -0.25) is 4.79 Å². The van der Waals surface area contributed by atoms with E-state index in [0.717, 1.165) is 12.8 Å². The fraction of sp³-hybridized carbons (Fsp3) is 0.375. The highest BCUT2D eigenvalue weighted by Gasteiger charge is 2.24. The molecule has 9 heteroatoms. The van der Waals surface area contributed by atoms with E-state index < -0.39 is 23.7 Å². The Kier molecular flexibility index (Phi) is 11.0. The lowest BCUT2D eigenvalue weighted by Gasteiger charge is -2.20. The molecule has 1 aliphatic rings. The number of benzene rings is 3. The third-order valence-electron chi connectivity index (χ3n) is 7.02. The van der Waals surface area contributed by atoms with Crippen LogP contribution in [-0.4, -0.2) is 17.9 Å². The first-order valence-corrected chi connectivity index (χ1v) is 14.5. The van der Waals surface area contributed by atoms with Crippen LogP contribution >= 0.6 is 23.2 Å². The van der Waals surface area contributed by atoms with Crippen LogP contribution in [0.4, 0.5) is 8.78 Å². The fourth-order valence-corrected chi connectivity index (χ4v) is 5.18. The van der Waals surface area contributed by atoms with Gasteiger partial charge in [0.25, 0.3) is 0 Å². The highest BCUT2D eigenvalue weighted by molar-refractivity contribution is 6.31. The summed E-state index contributed by atoms with van der Waals surface area (Å²) in [6.07, 6.45) is 4.43. The Hall–Kier alpha value is -3.16. The van der Waals surface area contributed by atoms with Gasteiger partial charge >= 0.3 is 5.97 Å². The van der Waals surface area contributed by atoms with Crippen molar-refractivity contribution in [1.29, 1.82) is 0 Å². The van der Waals surface area contributed by atoms with E-state index in [2.05, 4.69) is 0 Å². The van der Waals surface area contributed by atoms with Crippen molar-refractivity contribution < 1.29 is 32.6 Å². The number of Topliss-reactive ketones (excluding diaryl/α,β-unsaturated/α-hetero) is 1. The van der Waals surface area contributed by atoms with Gasteiger partial charge in [-0.15, -0.1) is 0 Å². The summed E-state index contributed by atoms with van der Waals surface area (Å²) in [6, 6.07) is 11.9. The zero-order valence-corrected chi connectivity index (χ0v) is 24.3. The largest absolute Gasteiger partial charge is 0.489 e. The molecular weight excluding hydrogens is 573 g/mol. The molecule has 0 fully saturated rings. The fourth-order valence-electron chi connectivity index (χ4n) is 4.74. The Morgan fingerprint density at radius 2 is 1.44 bits per heavy atom. The molecule has 4 rings (SSSR count). The van der Waals surface area contributed by atoms with Crippen molar-refractivity contribution in [2.75, 3.05) is 0 Å². The van der Waals surface area contributed by atoms with Gasteiger partial charge in [0.2, 0.25) is 0 Å². The SMILES string of the molecule is CC1CCCC(=O)CCCCCc2cc(OCc3c(F)cccc3Cl)cc(OCc3c(F)cccc3Cl)c2C(=O)O1. The van der Waals surface area contributed by atoms with Crippen molar-refractivity contribution in [1.82, 2.24) is 0 Å². The first kappa shape index (κ1) is 30.8. The van der Waals surface area contributed by atoms with Gasteiger partial charge in [0.1, 0.15) is 47.7 Å². The number of aryl methyl sites for hydroxylation is 1. The number of rotatable bonds is 6. The normalized spacial score (nSPS) is 16.9. The molecule has 0 aromatic heterocycles. The topological polar surface area (TPSA) is 61.8 Å². The van der Waals surface area contributed by atoms with Crippen molar-refractivity contribution in [2.24, 2.45) is 0 Å². The summed E-state index contributed by atoms with van der Waals surface area (Å²) in [5.41, 5.74) is 1.15. The molecule has 1 unspecified atom stereocenters. The molecular formula is C32H32Cl2F2O5. The Balaban J connectivity index is 1.70. The molecule has 5 nitrogen and oxygen atoms in total. The number of ketones is 1. The monoisotopic (exact) mass is 604 g/mol. The van der Waals surface area contributed by atoms with E-state index in [0.29, 0.717) is 49.8 Å². The van der Waals surface area contributed by atoms with E-state index in [-0.39, 0.29) is 51.5 Å². The number of carbonyl (C=O) groups is 2. The van der Waals surface area contributed by atoms with E-state index in [9.17, 15) is 18.4 Å². The van der Waals surface area contributed by atoms with Crippen LogP contribution in [0.25, 0.3) is 0 Å². The summed E-state index contributed by atoms with van der Waals surface area (Å²) >= 11 is 12.4. The van der Waals surface area contributed by atoms with Gasteiger partial charge in [-0.05, 0) is 74.9 Å². The summed E-state index contributed by atoms with van der Waals surface area (Å²) in [5, 5.41) is 0.412. The first-order chi connectivity index (χ1) is 19.7. The van der Waals surface area contributed by atoms with E-state index in [1.54, 1.807) is 25.1 Å². The van der Waals surface area contributed by atoms with E-state index in [1.165, 1.54) is 30.3 Å². The highest BCUT2D eigenvalue weighted by Crippen LogP contribution is 2.34. The number of cyclic esters (lactones) is 1. The molecule has 0 saturated carbocycles. The van der Waals surface area contributed by atoms with Crippen molar-refractivity contribution in [3.05, 3.63) is 92.5 Å². The average Bonchev–Trinajstić information content (AvgIpc) is 2.91. The molecule has 1 atom stereocenters. The van der Waals surface area contributed by atoms with Crippen molar-refractivity contribution in [3.8, 4) is 11.5 Å². The molecule has 1 aliphatic heterocycles. The first-order valence-electron chi connectivity index (χ1n) is 13.7. The predicted octanol–water partition coefficient (Wildman–Crippen LogP) is 8.83. The molecule has 3 aromatic rings. The third-order valence-corrected chi connectivity index (χ3v) is 7.72. The number of esters is 1. The maximum absolute atomic E-state index is 14.5. The number of carbonyl (C=O) groups excluding carboxylic acids is 2. The molecule has 0 amide bonds. The number of fused-ring (bicyclic) bond motifs is 1. The van der Waals surface area contributed by atoms with Crippen LogP contribution in [0.3, 0.4) is 0 Å². The maximum Gasteiger partial charge on any atom is 0.342 e. The van der Waals surface area contributed by atoms with Crippen LogP contribution in [0, 0.1) is 11.6 Å². The van der Waals surface area contributed by atoms with Gasteiger partial charge in [0.15, 0.2) is 0 Å². The minimum Gasteiger partial charge on any atom is -0.489 e. The van der Waals surface area contributed by atoms with E-state index in [1.807, 2.05) is 0 Å². The van der Waals surface area contributed by atoms with Gasteiger partial charge in [-0.25, -0.2) is 13.6 Å². The highest BCUT2D eigenvalue weighted by atomic mass is 35.5. The Bertz CT molecular complexity index is 1350. The lowest BCUT2D eigenvalue weighted by molar-refractivity contribution is -0.119. The summed E-state index contributed by atoms with van der Waals surface area (Å²) < 4.78 is 46.7. The second kappa shape index (κ2) is 14.6. The standard InChI is InChI=1S/C32H32Cl2F2O5/c1-20-8-5-11-22(37)10-4-2-3-9-21-16-23(39-18-24-26(33)12-6-14-28(24)35)17-30(31(21)32(38)41-20)40-19-25-27(34)13-7-15-29(25)36/h6-7,12-17,20H,2-5,8-11,18-19H2,1H3. The molecule has 1 heterocycles. The predicted molar refractivity (Wildman–Crippen MR) is 154 cm³/mol. The summed E-state index contributed by atoms with van der Waals surface area (Å²) in [5.74, 6) is -0.972. The number of ether oxygens (including phenoxy) is 3. The van der Waals surface area contributed by atoms with Crippen molar-refractivity contribution in [3.63, 3.8) is 0 Å². The quantitative estimate of drug-likeness (QED) is 0.263. The van der Waals surface area contributed by atoms with Crippen LogP contribution in [0.15, 0.2) is 48.5 Å². The van der Waals surface area contributed by atoms with Gasteiger partial charge in [-0.2, -0.15) is 0 Å². The van der Waals surface area contributed by atoms with E-state index >= 15 is 0 Å². The van der Waals surface area contributed by atoms with Crippen LogP contribution in [-0.2, 0) is 29.2 Å². The molecule has 218 valence electrons. The average molecular weight is 606 g/mol. The zero-order chi connectivity index (χ0) is 29.4. The van der Waals surface area contributed by atoms with Crippen molar-refractivity contribution >= 4 is 35.0 Å². The maximum atomic E-state index is 14.5. The molecule has 0 saturated heterocycles. The minimum absolute atomic E-state index is 0.135. The molecule has 3 aromatic carbocycles. The van der Waals surface area contributed by atoms with Gasteiger partial charge in [0, 0.05) is 30.0 Å². The van der Waals surface area contributed by atoms with Gasteiger partial charge in [-0.1, -0.05) is 41.8 Å². The zero-order valence-electron chi connectivity index (χ0n) is 22.8.